The molecule has 1 heterocycles. The smallest absolute Gasteiger partial charge is 0.157 e. The normalized spacial score (nSPS) is 11.9. The predicted octanol–water partition coefficient (Wildman–Crippen LogP) is 1.36. The number of benzene rings is 1. The molecular weight excluding hydrogens is 315 g/mol. The molecule has 1 aromatic heterocycles. The van der Waals surface area contributed by atoms with E-state index in [4.69, 9.17) is 16.7 Å². The summed E-state index contributed by atoms with van der Waals surface area (Å²) in [5, 5.41) is 31.5. The Kier molecular flexibility index (Phi) is 5.82. The van der Waals surface area contributed by atoms with Crippen LogP contribution in [0.15, 0.2) is 28.0 Å². The summed E-state index contributed by atoms with van der Waals surface area (Å²) in [6.45, 7) is 0.656. The Bertz CT molecular complexity index is 662. The zero-order valence-corrected chi connectivity index (χ0v) is 12.2. The largest absolute Gasteiger partial charge is 0.411 e. The second-order valence-electron chi connectivity index (χ2n) is 4.43. The van der Waals surface area contributed by atoms with Crippen LogP contribution in [0.25, 0.3) is 0 Å². The van der Waals surface area contributed by atoms with Gasteiger partial charge in [0, 0.05) is 19.5 Å². The molecule has 0 fully saturated rings. The van der Waals surface area contributed by atoms with Crippen molar-refractivity contribution >= 4 is 17.3 Å². The standard InChI is InChI=1S/C13H14ClFN4O3/c14-9-5-8(1-2-10(9)15)6-11(17-21)13-12(18-22-19-13)7-16-3-4-20/h1-2,5,16,20-21H,3-4,6-7H2. The molecule has 0 radical (unpaired) electrons. The van der Waals surface area contributed by atoms with E-state index < -0.39 is 5.82 Å². The Morgan fingerprint density at radius 1 is 1.41 bits per heavy atom. The van der Waals surface area contributed by atoms with Gasteiger partial charge in [0.25, 0.3) is 0 Å². The summed E-state index contributed by atoms with van der Waals surface area (Å²) >= 11 is 5.72. The first-order valence-corrected chi connectivity index (χ1v) is 6.81. The summed E-state index contributed by atoms with van der Waals surface area (Å²) in [6, 6.07) is 4.21. The highest BCUT2D eigenvalue weighted by Gasteiger charge is 2.17. The second kappa shape index (κ2) is 7.83. The summed E-state index contributed by atoms with van der Waals surface area (Å²) in [5.41, 5.74) is 1.59. The maximum absolute atomic E-state index is 13.2. The van der Waals surface area contributed by atoms with Crippen LogP contribution in [0, 0.1) is 5.82 Å². The SMILES string of the molecule is OCCNCc1nonc1C(Cc1ccc(F)c(Cl)c1)=NO. The fourth-order valence-corrected chi connectivity index (χ4v) is 2.04. The van der Waals surface area contributed by atoms with Crippen LogP contribution >= 0.6 is 11.6 Å². The second-order valence-corrected chi connectivity index (χ2v) is 4.84. The minimum Gasteiger partial charge on any atom is -0.411 e. The van der Waals surface area contributed by atoms with Crippen molar-refractivity contribution in [3.63, 3.8) is 0 Å². The van der Waals surface area contributed by atoms with Crippen LogP contribution in [-0.2, 0) is 13.0 Å². The summed E-state index contributed by atoms with van der Waals surface area (Å²) in [5.74, 6) is -0.523. The van der Waals surface area contributed by atoms with E-state index in [1.807, 2.05) is 0 Å². The molecule has 0 spiro atoms. The molecule has 118 valence electrons. The first-order chi connectivity index (χ1) is 10.7. The number of halogens is 2. The number of oxime groups is 1. The number of aromatic nitrogens is 2. The van der Waals surface area contributed by atoms with Gasteiger partial charge in [-0.3, -0.25) is 0 Å². The molecule has 3 N–H and O–H groups in total. The molecule has 0 aliphatic heterocycles. The van der Waals surface area contributed by atoms with Gasteiger partial charge in [-0.15, -0.1) is 0 Å². The number of nitrogens with one attached hydrogen (secondary N) is 1. The zero-order chi connectivity index (χ0) is 15.9. The van der Waals surface area contributed by atoms with E-state index >= 15 is 0 Å². The first kappa shape index (κ1) is 16.3. The minimum absolute atomic E-state index is 0.0158. The summed E-state index contributed by atoms with van der Waals surface area (Å²) < 4.78 is 17.8. The van der Waals surface area contributed by atoms with E-state index in [9.17, 15) is 9.60 Å². The van der Waals surface area contributed by atoms with Crippen LogP contribution in [-0.4, -0.2) is 39.5 Å². The molecule has 0 amide bonds. The van der Waals surface area contributed by atoms with E-state index in [1.165, 1.54) is 18.2 Å². The van der Waals surface area contributed by atoms with E-state index in [0.717, 1.165) is 0 Å². The minimum atomic E-state index is -0.523. The van der Waals surface area contributed by atoms with Gasteiger partial charge >= 0.3 is 0 Å². The Labute approximate surface area is 130 Å². The molecule has 22 heavy (non-hydrogen) atoms. The van der Waals surface area contributed by atoms with Crippen molar-refractivity contribution in [2.45, 2.75) is 13.0 Å². The van der Waals surface area contributed by atoms with Gasteiger partial charge in [0.15, 0.2) is 5.69 Å². The molecule has 0 aliphatic rings. The average Bonchev–Trinajstić information content (AvgIpc) is 2.97. The first-order valence-electron chi connectivity index (χ1n) is 6.44. The molecule has 7 nitrogen and oxygen atoms in total. The van der Waals surface area contributed by atoms with Gasteiger partial charge in [0.05, 0.1) is 11.6 Å². The van der Waals surface area contributed by atoms with Gasteiger partial charge in [0.2, 0.25) is 0 Å². The van der Waals surface area contributed by atoms with Crippen LogP contribution in [0.4, 0.5) is 4.39 Å². The van der Waals surface area contributed by atoms with Crippen LogP contribution < -0.4 is 5.32 Å². The van der Waals surface area contributed by atoms with Gasteiger partial charge in [0.1, 0.15) is 17.2 Å². The number of rotatable bonds is 7. The lowest BCUT2D eigenvalue weighted by Crippen LogP contribution is -2.20. The van der Waals surface area contributed by atoms with Crippen LogP contribution in [0.3, 0.4) is 0 Å². The van der Waals surface area contributed by atoms with Crippen molar-refractivity contribution < 1.29 is 19.3 Å². The lowest BCUT2D eigenvalue weighted by molar-refractivity contribution is 0.287. The predicted molar refractivity (Wildman–Crippen MR) is 76.5 cm³/mol. The van der Waals surface area contributed by atoms with Crippen LogP contribution in [0.2, 0.25) is 5.02 Å². The lowest BCUT2D eigenvalue weighted by atomic mass is 10.1. The van der Waals surface area contributed by atoms with Crippen molar-refractivity contribution in [2.24, 2.45) is 5.16 Å². The molecule has 0 aliphatic carbocycles. The zero-order valence-electron chi connectivity index (χ0n) is 11.5. The fraction of sp³-hybridized carbons (Fsp3) is 0.308. The molecular formula is C13H14ClFN4O3. The van der Waals surface area contributed by atoms with Gasteiger partial charge in [-0.2, -0.15) is 0 Å². The topological polar surface area (TPSA) is 104 Å². The van der Waals surface area contributed by atoms with Crippen molar-refractivity contribution in [2.75, 3.05) is 13.2 Å². The van der Waals surface area contributed by atoms with Crippen LogP contribution in [0.5, 0.6) is 0 Å². The summed E-state index contributed by atoms with van der Waals surface area (Å²) in [6.07, 6.45) is 0.178. The Morgan fingerprint density at radius 3 is 2.91 bits per heavy atom. The molecule has 1 aromatic carbocycles. The number of nitrogens with zero attached hydrogens (tertiary/aromatic N) is 3. The fourth-order valence-electron chi connectivity index (χ4n) is 1.84. The number of aliphatic hydroxyl groups is 1. The quantitative estimate of drug-likeness (QED) is 0.307. The van der Waals surface area contributed by atoms with Gasteiger partial charge in [-0.1, -0.05) is 28.0 Å². The third kappa shape index (κ3) is 4.00. The Balaban J connectivity index is 2.15. The number of aliphatic hydroxyl groups excluding tert-OH is 1. The number of hydrogen-bond acceptors (Lipinski definition) is 7. The van der Waals surface area contributed by atoms with Gasteiger partial charge in [-0.05, 0) is 22.9 Å². The summed E-state index contributed by atoms with van der Waals surface area (Å²) in [4.78, 5) is 0. The van der Waals surface area contributed by atoms with E-state index in [1.54, 1.807) is 0 Å². The Hall–Kier alpha value is -2.03. The highest BCUT2D eigenvalue weighted by Crippen LogP contribution is 2.18. The molecule has 0 saturated carbocycles. The highest BCUT2D eigenvalue weighted by molar-refractivity contribution is 6.30. The van der Waals surface area contributed by atoms with Gasteiger partial charge < -0.3 is 15.6 Å². The third-order valence-electron chi connectivity index (χ3n) is 2.89. The van der Waals surface area contributed by atoms with Crippen molar-refractivity contribution in [1.82, 2.24) is 15.6 Å². The van der Waals surface area contributed by atoms with E-state index in [-0.39, 0.29) is 29.5 Å². The van der Waals surface area contributed by atoms with Crippen molar-refractivity contribution in [1.29, 1.82) is 0 Å². The number of hydrogen-bond donors (Lipinski definition) is 3. The molecule has 0 unspecified atom stereocenters. The molecule has 2 aromatic rings. The van der Waals surface area contributed by atoms with E-state index in [2.05, 4.69) is 25.4 Å². The highest BCUT2D eigenvalue weighted by atomic mass is 35.5. The van der Waals surface area contributed by atoms with Gasteiger partial charge in [-0.25, -0.2) is 9.02 Å². The summed E-state index contributed by atoms with van der Waals surface area (Å²) in [7, 11) is 0. The molecule has 9 heteroatoms. The molecule has 0 saturated heterocycles. The maximum atomic E-state index is 13.2. The van der Waals surface area contributed by atoms with Crippen molar-refractivity contribution in [3.8, 4) is 0 Å². The lowest BCUT2D eigenvalue weighted by Gasteiger charge is -2.05. The monoisotopic (exact) mass is 328 g/mol. The molecule has 0 bridgehead atoms. The van der Waals surface area contributed by atoms with Crippen molar-refractivity contribution in [3.05, 3.63) is 46.0 Å². The molecule has 0 atom stereocenters. The third-order valence-corrected chi connectivity index (χ3v) is 3.18. The molecule has 2 rings (SSSR count). The maximum Gasteiger partial charge on any atom is 0.157 e. The Morgan fingerprint density at radius 2 is 2.23 bits per heavy atom. The average molecular weight is 329 g/mol. The van der Waals surface area contributed by atoms with Crippen LogP contribution in [0.1, 0.15) is 17.0 Å². The van der Waals surface area contributed by atoms with E-state index in [0.29, 0.717) is 24.3 Å².